The van der Waals surface area contributed by atoms with E-state index in [1.54, 1.807) is 19.1 Å². The van der Waals surface area contributed by atoms with Crippen LogP contribution in [-0.2, 0) is 4.74 Å². The fraction of sp³-hybridized carbons (Fsp3) is 0.167. The molecule has 20 heavy (non-hydrogen) atoms. The summed E-state index contributed by atoms with van der Waals surface area (Å²) < 4.78 is 4.68. The summed E-state index contributed by atoms with van der Waals surface area (Å²) in [5, 5.41) is 4.66. The van der Waals surface area contributed by atoms with Gasteiger partial charge in [0.15, 0.2) is 5.13 Å². The first kappa shape index (κ1) is 15.4. The van der Waals surface area contributed by atoms with Gasteiger partial charge < -0.3 is 10.1 Å². The minimum Gasteiger partial charge on any atom is -0.465 e. The summed E-state index contributed by atoms with van der Waals surface area (Å²) in [5.74, 6) is -0.429. The molecule has 0 atom stereocenters. The number of aromatic nitrogens is 1. The van der Waals surface area contributed by atoms with E-state index in [0.29, 0.717) is 36.5 Å². The number of esters is 1. The van der Waals surface area contributed by atoms with Gasteiger partial charge in [0.2, 0.25) is 0 Å². The smallest absolute Gasteiger partial charge is 0.350 e. The monoisotopic (exact) mass is 350 g/mol. The number of aryl methyl sites for hydroxylation is 1. The maximum absolute atomic E-state index is 11.5. The van der Waals surface area contributed by atoms with Gasteiger partial charge in [-0.05, 0) is 19.1 Å². The number of hydrogen-bond acceptors (Lipinski definition) is 5. The van der Waals surface area contributed by atoms with E-state index in [-0.39, 0.29) is 0 Å². The van der Waals surface area contributed by atoms with Crippen LogP contribution in [0.3, 0.4) is 0 Å². The third-order valence-electron chi connectivity index (χ3n) is 2.41. The Morgan fingerprint density at radius 2 is 1.90 bits per heavy atom. The molecule has 1 heterocycles. The number of methoxy groups -OCH3 is 1. The molecule has 4 nitrogen and oxygen atoms in total. The Labute approximate surface area is 134 Å². The Hall–Kier alpha value is -1.01. The zero-order chi connectivity index (χ0) is 14.9. The van der Waals surface area contributed by atoms with Gasteiger partial charge in [0.05, 0.1) is 28.5 Å². The maximum atomic E-state index is 11.5. The normalized spacial score (nSPS) is 10.4. The molecule has 0 bridgehead atoms. The summed E-state index contributed by atoms with van der Waals surface area (Å²) in [7, 11) is 1.32. The van der Waals surface area contributed by atoms with E-state index in [9.17, 15) is 4.79 Å². The van der Waals surface area contributed by atoms with Crippen LogP contribution >= 0.6 is 46.1 Å². The largest absolute Gasteiger partial charge is 0.465 e. The highest BCUT2D eigenvalue weighted by molar-refractivity contribution is 7.17. The third kappa shape index (κ3) is 3.17. The highest BCUT2D eigenvalue weighted by atomic mass is 35.5. The van der Waals surface area contributed by atoms with E-state index >= 15 is 0 Å². The lowest BCUT2D eigenvalue weighted by Crippen LogP contribution is -1.99. The van der Waals surface area contributed by atoms with Crippen molar-refractivity contribution in [2.24, 2.45) is 0 Å². The Morgan fingerprint density at radius 1 is 1.30 bits per heavy atom. The Kier molecular flexibility index (Phi) is 4.75. The number of rotatable bonds is 3. The van der Waals surface area contributed by atoms with Gasteiger partial charge in [-0.15, -0.1) is 0 Å². The molecule has 8 heteroatoms. The molecular formula is C12H9Cl3N2O2S. The van der Waals surface area contributed by atoms with Gasteiger partial charge in [-0.3, -0.25) is 0 Å². The molecule has 0 aliphatic rings. The van der Waals surface area contributed by atoms with Crippen molar-refractivity contribution in [2.75, 3.05) is 12.4 Å². The predicted molar refractivity (Wildman–Crippen MR) is 82.9 cm³/mol. The molecule has 0 aliphatic heterocycles. The summed E-state index contributed by atoms with van der Waals surface area (Å²) in [6, 6.07) is 3.14. The average molecular weight is 352 g/mol. The van der Waals surface area contributed by atoms with E-state index in [0.717, 1.165) is 11.3 Å². The van der Waals surface area contributed by atoms with Crippen LogP contribution in [0.5, 0.6) is 0 Å². The second kappa shape index (κ2) is 6.18. The molecule has 0 saturated carbocycles. The first-order valence-electron chi connectivity index (χ1n) is 5.39. The van der Waals surface area contributed by atoms with E-state index < -0.39 is 5.97 Å². The van der Waals surface area contributed by atoms with Gasteiger partial charge in [-0.1, -0.05) is 46.1 Å². The number of carbonyl (C=O) groups excluding carboxylic acids is 1. The molecule has 0 fully saturated rings. The van der Waals surface area contributed by atoms with Crippen molar-refractivity contribution < 1.29 is 9.53 Å². The van der Waals surface area contributed by atoms with Gasteiger partial charge in [0, 0.05) is 5.02 Å². The molecule has 0 spiro atoms. The molecule has 106 valence electrons. The lowest BCUT2D eigenvalue weighted by atomic mass is 10.3. The first-order valence-corrected chi connectivity index (χ1v) is 7.34. The van der Waals surface area contributed by atoms with Crippen molar-refractivity contribution in [3.63, 3.8) is 0 Å². The van der Waals surface area contributed by atoms with Crippen molar-refractivity contribution in [1.82, 2.24) is 4.98 Å². The molecule has 0 radical (unpaired) electrons. The number of hydrogen-bond donors (Lipinski definition) is 1. The fourth-order valence-electron chi connectivity index (χ4n) is 1.50. The third-order valence-corrected chi connectivity index (χ3v) is 4.27. The van der Waals surface area contributed by atoms with Crippen molar-refractivity contribution in [3.8, 4) is 0 Å². The van der Waals surface area contributed by atoms with Gasteiger partial charge in [-0.2, -0.15) is 0 Å². The Bertz CT molecular complexity index is 650. The SMILES string of the molecule is COC(=O)c1sc(Nc2c(Cl)cc(Cl)cc2Cl)nc1C. The highest BCUT2D eigenvalue weighted by Gasteiger charge is 2.17. The minimum absolute atomic E-state index is 0.370. The number of carbonyl (C=O) groups is 1. The number of ether oxygens (including phenoxy) is 1. The number of halogens is 3. The second-order valence-corrected chi connectivity index (χ2v) is 6.04. The first-order chi connectivity index (χ1) is 9.42. The van der Waals surface area contributed by atoms with Crippen LogP contribution in [-0.4, -0.2) is 18.1 Å². The van der Waals surface area contributed by atoms with Gasteiger partial charge in [0.1, 0.15) is 4.88 Å². The molecule has 0 saturated heterocycles. The molecule has 0 unspecified atom stereocenters. The average Bonchev–Trinajstić information content (AvgIpc) is 2.74. The van der Waals surface area contributed by atoms with E-state index in [1.807, 2.05) is 0 Å². The Balaban J connectivity index is 2.34. The molecule has 1 aromatic heterocycles. The molecule has 0 aliphatic carbocycles. The quantitative estimate of drug-likeness (QED) is 0.796. The zero-order valence-electron chi connectivity index (χ0n) is 10.5. The van der Waals surface area contributed by atoms with Crippen molar-refractivity contribution in [3.05, 3.63) is 37.8 Å². The lowest BCUT2D eigenvalue weighted by Gasteiger charge is -2.08. The molecule has 2 rings (SSSR count). The number of nitrogens with zero attached hydrogens (tertiary/aromatic N) is 1. The van der Waals surface area contributed by atoms with Crippen LogP contribution < -0.4 is 5.32 Å². The summed E-state index contributed by atoms with van der Waals surface area (Å²) >= 11 is 19.2. The zero-order valence-corrected chi connectivity index (χ0v) is 13.5. The molecule has 0 amide bonds. The van der Waals surface area contributed by atoms with Crippen LogP contribution in [0.1, 0.15) is 15.4 Å². The summed E-state index contributed by atoms with van der Waals surface area (Å²) in [6.45, 7) is 1.72. The predicted octanol–water partition coefficient (Wildman–Crippen LogP) is 4.94. The van der Waals surface area contributed by atoms with E-state index in [1.165, 1.54) is 7.11 Å². The van der Waals surface area contributed by atoms with Crippen LogP contribution in [0.4, 0.5) is 10.8 Å². The van der Waals surface area contributed by atoms with Crippen LogP contribution in [0.2, 0.25) is 15.1 Å². The van der Waals surface area contributed by atoms with Crippen molar-refractivity contribution in [2.45, 2.75) is 6.92 Å². The van der Waals surface area contributed by atoms with E-state index in [2.05, 4.69) is 15.0 Å². The second-order valence-electron chi connectivity index (χ2n) is 3.79. The standard InChI is InChI=1S/C12H9Cl3N2O2S/c1-5-10(11(18)19-2)20-12(16-5)17-9-7(14)3-6(13)4-8(9)15/h3-4H,1-2H3,(H,16,17). The van der Waals surface area contributed by atoms with E-state index in [4.69, 9.17) is 34.8 Å². The summed E-state index contributed by atoms with van der Waals surface area (Å²) in [6.07, 6.45) is 0. The van der Waals surface area contributed by atoms with Crippen molar-refractivity contribution >= 4 is 62.9 Å². The maximum Gasteiger partial charge on any atom is 0.350 e. The topological polar surface area (TPSA) is 51.2 Å². The van der Waals surface area contributed by atoms with Crippen LogP contribution in [0, 0.1) is 6.92 Å². The number of benzene rings is 1. The number of anilines is 2. The molecule has 2 aromatic rings. The van der Waals surface area contributed by atoms with Crippen LogP contribution in [0.25, 0.3) is 0 Å². The van der Waals surface area contributed by atoms with Gasteiger partial charge >= 0.3 is 5.97 Å². The molecule has 1 aromatic carbocycles. The lowest BCUT2D eigenvalue weighted by molar-refractivity contribution is 0.0605. The Morgan fingerprint density at radius 3 is 2.45 bits per heavy atom. The van der Waals surface area contributed by atoms with Crippen LogP contribution in [0.15, 0.2) is 12.1 Å². The summed E-state index contributed by atoms with van der Waals surface area (Å²) in [4.78, 5) is 16.2. The van der Waals surface area contributed by atoms with Crippen molar-refractivity contribution in [1.29, 1.82) is 0 Å². The summed E-state index contributed by atoms with van der Waals surface area (Å²) in [5.41, 5.74) is 1.06. The minimum atomic E-state index is -0.429. The fourth-order valence-corrected chi connectivity index (χ4v) is 3.30. The van der Waals surface area contributed by atoms with Gasteiger partial charge in [-0.25, -0.2) is 9.78 Å². The number of thiazole rings is 1. The highest BCUT2D eigenvalue weighted by Crippen LogP contribution is 2.37. The van der Waals surface area contributed by atoms with Gasteiger partial charge in [0.25, 0.3) is 0 Å². The molecular weight excluding hydrogens is 343 g/mol. The number of nitrogens with one attached hydrogen (secondary N) is 1. The molecule has 1 N–H and O–H groups in total.